The Morgan fingerprint density at radius 3 is 3.23 bits per heavy atom. The van der Waals surface area contributed by atoms with E-state index in [0.717, 1.165) is 17.0 Å². The second-order valence-corrected chi connectivity index (χ2v) is 3.12. The van der Waals surface area contributed by atoms with Crippen molar-refractivity contribution in [2.75, 3.05) is 11.9 Å². The Balaban J connectivity index is 2.24. The summed E-state index contributed by atoms with van der Waals surface area (Å²) >= 11 is 0. The average Bonchev–Trinajstić information content (AvgIpc) is 2.44. The van der Waals surface area contributed by atoms with Gasteiger partial charge in [0.25, 0.3) is 0 Å². The molecule has 1 heterocycles. The van der Waals surface area contributed by atoms with E-state index in [1.807, 2.05) is 25.1 Å². The van der Waals surface area contributed by atoms with Crippen LogP contribution in [-0.4, -0.2) is 17.9 Å². The largest absolute Gasteiger partial charge is 0.494 e. The highest BCUT2D eigenvalue weighted by atomic mass is 16.5. The zero-order chi connectivity index (χ0) is 9.26. The molecule has 0 aromatic heterocycles. The third-order valence-corrected chi connectivity index (χ3v) is 2.12. The highest BCUT2D eigenvalue weighted by Crippen LogP contribution is 2.28. The fourth-order valence-corrected chi connectivity index (χ4v) is 1.58. The minimum absolute atomic E-state index is 0.438. The minimum atomic E-state index is -0.438. The van der Waals surface area contributed by atoms with E-state index in [0.29, 0.717) is 13.0 Å². The molecular formula is C10H13NO2. The average molecular weight is 179 g/mol. The molecule has 0 saturated heterocycles. The Kier molecular flexibility index (Phi) is 2.10. The van der Waals surface area contributed by atoms with E-state index in [4.69, 9.17) is 4.74 Å². The Morgan fingerprint density at radius 2 is 2.46 bits per heavy atom. The van der Waals surface area contributed by atoms with Gasteiger partial charge < -0.3 is 15.2 Å². The van der Waals surface area contributed by atoms with Crippen LogP contribution in [0.2, 0.25) is 0 Å². The van der Waals surface area contributed by atoms with Gasteiger partial charge >= 0.3 is 0 Å². The van der Waals surface area contributed by atoms with Crippen molar-refractivity contribution in [3.8, 4) is 5.75 Å². The van der Waals surface area contributed by atoms with Gasteiger partial charge in [0.05, 0.1) is 6.61 Å². The van der Waals surface area contributed by atoms with E-state index in [1.165, 1.54) is 0 Å². The second kappa shape index (κ2) is 3.26. The number of ether oxygens (including phenoxy) is 1. The first-order valence-electron chi connectivity index (χ1n) is 4.50. The van der Waals surface area contributed by atoms with Crippen LogP contribution in [0.25, 0.3) is 0 Å². The van der Waals surface area contributed by atoms with Crippen LogP contribution < -0.4 is 10.1 Å². The van der Waals surface area contributed by atoms with Crippen molar-refractivity contribution in [1.29, 1.82) is 0 Å². The highest BCUT2D eigenvalue weighted by molar-refractivity contribution is 5.58. The second-order valence-electron chi connectivity index (χ2n) is 3.12. The molecule has 3 heteroatoms. The lowest BCUT2D eigenvalue weighted by Crippen LogP contribution is -2.12. The summed E-state index contributed by atoms with van der Waals surface area (Å²) in [7, 11) is 0. The number of nitrogens with one attached hydrogen (secondary N) is 1. The van der Waals surface area contributed by atoms with E-state index in [1.54, 1.807) is 0 Å². The maximum absolute atomic E-state index is 9.32. The summed E-state index contributed by atoms with van der Waals surface area (Å²) in [4.78, 5) is 0. The molecule has 0 spiro atoms. The molecule has 1 aliphatic rings. The number of benzene rings is 1. The molecule has 1 aliphatic heterocycles. The topological polar surface area (TPSA) is 41.5 Å². The molecule has 3 nitrogen and oxygen atoms in total. The molecule has 2 N–H and O–H groups in total. The third-order valence-electron chi connectivity index (χ3n) is 2.12. The van der Waals surface area contributed by atoms with Crippen LogP contribution in [0.3, 0.4) is 0 Å². The molecule has 13 heavy (non-hydrogen) atoms. The lowest BCUT2D eigenvalue weighted by atomic mass is 10.1. The molecule has 1 aromatic carbocycles. The van der Waals surface area contributed by atoms with Gasteiger partial charge in [-0.2, -0.15) is 0 Å². The predicted octanol–water partition coefficient (Wildman–Crippen LogP) is 1.37. The van der Waals surface area contributed by atoms with E-state index in [-0.39, 0.29) is 0 Å². The normalized spacial score (nSPS) is 19.4. The summed E-state index contributed by atoms with van der Waals surface area (Å²) in [5.41, 5.74) is 2.13. The van der Waals surface area contributed by atoms with Crippen molar-refractivity contribution in [3.05, 3.63) is 23.8 Å². The smallest absolute Gasteiger partial charge is 0.128 e. The van der Waals surface area contributed by atoms with Crippen LogP contribution in [0.1, 0.15) is 12.5 Å². The number of aliphatic hydroxyl groups is 1. The number of aliphatic hydroxyl groups excluding tert-OH is 1. The molecule has 0 aliphatic carbocycles. The van der Waals surface area contributed by atoms with Gasteiger partial charge in [0.2, 0.25) is 0 Å². The number of hydrogen-bond donors (Lipinski definition) is 2. The first kappa shape index (κ1) is 8.38. The Bertz CT molecular complexity index is 312. The predicted molar refractivity (Wildman–Crippen MR) is 50.9 cm³/mol. The third kappa shape index (κ3) is 1.60. The fourth-order valence-electron chi connectivity index (χ4n) is 1.58. The molecule has 0 fully saturated rings. The maximum atomic E-state index is 9.32. The van der Waals surface area contributed by atoms with Gasteiger partial charge in [-0.05, 0) is 30.7 Å². The van der Waals surface area contributed by atoms with Gasteiger partial charge in [-0.1, -0.05) is 0 Å². The van der Waals surface area contributed by atoms with Crippen molar-refractivity contribution >= 4 is 5.69 Å². The number of rotatable bonds is 2. The lowest BCUT2D eigenvalue weighted by molar-refractivity contribution is 0.212. The van der Waals surface area contributed by atoms with Crippen molar-refractivity contribution < 1.29 is 9.84 Å². The molecule has 1 aromatic rings. The van der Waals surface area contributed by atoms with Crippen LogP contribution in [0.4, 0.5) is 5.69 Å². The molecule has 1 unspecified atom stereocenters. The van der Waals surface area contributed by atoms with Crippen molar-refractivity contribution in [3.63, 3.8) is 0 Å². The van der Waals surface area contributed by atoms with Crippen LogP contribution >= 0.6 is 0 Å². The number of anilines is 1. The molecule has 1 atom stereocenters. The summed E-state index contributed by atoms with van der Waals surface area (Å²) in [5.74, 6) is 0.872. The first-order valence-corrected chi connectivity index (χ1v) is 4.50. The number of hydrogen-bond acceptors (Lipinski definition) is 3. The monoisotopic (exact) mass is 179 g/mol. The van der Waals surface area contributed by atoms with Gasteiger partial charge in [-0.3, -0.25) is 0 Å². The standard InChI is InChI=1S/C10H13NO2/c1-2-13-8-3-4-9-7(5-8)6-10(12)11-9/h3-5,10-12H,2,6H2,1H3. The quantitative estimate of drug-likeness (QED) is 0.720. The maximum Gasteiger partial charge on any atom is 0.128 e. The van der Waals surface area contributed by atoms with E-state index < -0.39 is 6.23 Å². The Labute approximate surface area is 77.3 Å². The van der Waals surface area contributed by atoms with Crippen LogP contribution in [0.15, 0.2) is 18.2 Å². The van der Waals surface area contributed by atoms with Crippen molar-refractivity contribution in [2.24, 2.45) is 0 Å². The van der Waals surface area contributed by atoms with Gasteiger partial charge in [-0.25, -0.2) is 0 Å². The SMILES string of the molecule is CCOc1ccc2c(c1)CC(O)N2. The minimum Gasteiger partial charge on any atom is -0.494 e. The zero-order valence-corrected chi connectivity index (χ0v) is 7.58. The first-order chi connectivity index (χ1) is 6.29. The summed E-state index contributed by atoms with van der Waals surface area (Å²) in [6, 6.07) is 5.83. The molecule has 0 bridgehead atoms. The van der Waals surface area contributed by atoms with Gasteiger partial charge in [0.1, 0.15) is 12.0 Å². The summed E-state index contributed by atoms with van der Waals surface area (Å²) in [5, 5.41) is 12.3. The molecule has 0 radical (unpaired) electrons. The van der Waals surface area contributed by atoms with E-state index in [9.17, 15) is 5.11 Å². The molecule has 0 amide bonds. The van der Waals surface area contributed by atoms with Crippen LogP contribution in [0.5, 0.6) is 5.75 Å². The van der Waals surface area contributed by atoms with Crippen molar-refractivity contribution in [2.45, 2.75) is 19.6 Å². The molecule has 0 saturated carbocycles. The Hall–Kier alpha value is -1.22. The highest BCUT2D eigenvalue weighted by Gasteiger charge is 2.17. The summed E-state index contributed by atoms with van der Waals surface area (Å²) < 4.78 is 5.36. The van der Waals surface area contributed by atoms with Crippen molar-refractivity contribution in [1.82, 2.24) is 0 Å². The Morgan fingerprint density at radius 1 is 1.62 bits per heavy atom. The summed E-state index contributed by atoms with van der Waals surface area (Å²) in [6.45, 7) is 2.63. The fraction of sp³-hybridized carbons (Fsp3) is 0.400. The summed E-state index contributed by atoms with van der Waals surface area (Å²) in [6.07, 6.45) is 0.225. The zero-order valence-electron chi connectivity index (χ0n) is 7.58. The van der Waals surface area contributed by atoms with Crippen LogP contribution in [0, 0.1) is 0 Å². The van der Waals surface area contributed by atoms with E-state index >= 15 is 0 Å². The molecule has 2 rings (SSSR count). The van der Waals surface area contributed by atoms with E-state index in [2.05, 4.69) is 5.32 Å². The van der Waals surface area contributed by atoms with Gasteiger partial charge in [-0.15, -0.1) is 0 Å². The molecule has 70 valence electrons. The number of fused-ring (bicyclic) bond motifs is 1. The molecular weight excluding hydrogens is 166 g/mol. The van der Waals surface area contributed by atoms with Crippen LogP contribution in [-0.2, 0) is 6.42 Å². The van der Waals surface area contributed by atoms with Gasteiger partial charge in [0, 0.05) is 12.1 Å². The lowest BCUT2D eigenvalue weighted by Gasteiger charge is -2.04. The van der Waals surface area contributed by atoms with Gasteiger partial charge in [0.15, 0.2) is 0 Å².